The summed E-state index contributed by atoms with van der Waals surface area (Å²) in [6.07, 6.45) is 1.82. The molecule has 2 nitrogen and oxygen atoms in total. The fourth-order valence-electron chi connectivity index (χ4n) is 1.44. The van der Waals surface area contributed by atoms with Gasteiger partial charge < -0.3 is 10.5 Å². The molecule has 0 fully saturated rings. The van der Waals surface area contributed by atoms with Crippen molar-refractivity contribution in [2.75, 3.05) is 6.61 Å². The highest BCUT2D eigenvalue weighted by Crippen LogP contribution is 2.26. The third-order valence-corrected chi connectivity index (χ3v) is 3.11. The smallest absolute Gasteiger partial charge is 0.133 e. The monoisotopic (exact) mass is 297 g/mol. The molecule has 3 heteroatoms. The fraction of sp³-hybridized carbons (Fsp3) is 0.429. The molecule has 0 spiro atoms. The van der Waals surface area contributed by atoms with Crippen molar-refractivity contribution in [3.05, 3.63) is 40.4 Å². The Kier molecular flexibility index (Phi) is 5.72. The summed E-state index contributed by atoms with van der Waals surface area (Å²) in [4.78, 5) is 0. The minimum absolute atomic E-state index is 0.175. The first-order valence-electron chi connectivity index (χ1n) is 5.86. The molecular formula is C14H20BrNO. The highest BCUT2D eigenvalue weighted by Gasteiger charge is 2.04. The number of hydrogen-bond donors (Lipinski definition) is 1. The first-order chi connectivity index (χ1) is 8.02. The molecule has 1 aromatic carbocycles. The van der Waals surface area contributed by atoms with E-state index in [2.05, 4.69) is 41.6 Å². The molecule has 17 heavy (non-hydrogen) atoms. The second-order valence-electron chi connectivity index (χ2n) is 4.34. The van der Waals surface area contributed by atoms with Gasteiger partial charge in [-0.1, -0.05) is 19.6 Å². The number of benzene rings is 1. The van der Waals surface area contributed by atoms with Gasteiger partial charge in [-0.15, -0.1) is 0 Å². The predicted octanol–water partition coefficient (Wildman–Crippen LogP) is 3.68. The van der Waals surface area contributed by atoms with Crippen LogP contribution in [0.2, 0.25) is 0 Å². The summed E-state index contributed by atoms with van der Waals surface area (Å²) in [5.41, 5.74) is 8.08. The molecule has 0 heterocycles. The molecule has 0 aliphatic rings. The van der Waals surface area contributed by atoms with Crippen molar-refractivity contribution in [1.29, 1.82) is 0 Å². The van der Waals surface area contributed by atoms with Crippen LogP contribution in [0, 0.1) is 0 Å². The minimum Gasteiger partial charge on any atom is -0.488 e. The predicted molar refractivity (Wildman–Crippen MR) is 76.4 cm³/mol. The van der Waals surface area contributed by atoms with Gasteiger partial charge in [-0.3, -0.25) is 0 Å². The minimum atomic E-state index is 0.175. The molecule has 0 saturated carbocycles. The van der Waals surface area contributed by atoms with E-state index in [-0.39, 0.29) is 6.04 Å². The summed E-state index contributed by atoms with van der Waals surface area (Å²) in [6.45, 7) is 8.57. The molecule has 0 aromatic heterocycles. The molecule has 1 unspecified atom stereocenters. The summed E-state index contributed by atoms with van der Waals surface area (Å²) in [5.74, 6) is 0.855. The number of halogens is 1. The Morgan fingerprint density at radius 2 is 2.24 bits per heavy atom. The van der Waals surface area contributed by atoms with Gasteiger partial charge in [0.05, 0.1) is 4.47 Å². The van der Waals surface area contributed by atoms with E-state index < -0.39 is 0 Å². The largest absolute Gasteiger partial charge is 0.488 e. The molecule has 2 N–H and O–H groups in total. The molecule has 0 saturated heterocycles. The van der Waals surface area contributed by atoms with Crippen molar-refractivity contribution in [3.8, 4) is 5.75 Å². The van der Waals surface area contributed by atoms with E-state index in [4.69, 9.17) is 10.5 Å². The van der Waals surface area contributed by atoms with Gasteiger partial charge in [-0.2, -0.15) is 0 Å². The van der Waals surface area contributed by atoms with Crippen molar-refractivity contribution in [1.82, 2.24) is 0 Å². The van der Waals surface area contributed by atoms with Gasteiger partial charge in [0.25, 0.3) is 0 Å². The van der Waals surface area contributed by atoms with Gasteiger partial charge in [-0.05, 0) is 59.0 Å². The quantitative estimate of drug-likeness (QED) is 0.813. The van der Waals surface area contributed by atoms with Crippen LogP contribution in [0.4, 0.5) is 0 Å². The zero-order chi connectivity index (χ0) is 12.8. The molecule has 1 aromatic rings. The van der Waals surface area contributed by atoms with Crippen molar-refractivity contribution in [2.24, 2.45) is 5.73 Å². The van der Waals surface area contributed by atoms with Crippen molar-refractivity contribution >= 4 is 15.9 Å². The summed E-state index contributed by atoms with van der Waals surface area (Å²) in [7, 11) is 0. The van der Waals surface area contributed by atoms with E-state index in [1.165, 1.54) is 5.56 Å². The fourth-order valence-corrected chi connectivity index (χ4v) is 1.98. The number of ether oxygens (including phenoxy) is 1. The maximum atomic E-state index is 5.77. The normalized spacial score (nSPS) is 12.2. The highest BCUT2D eigenvalue weighted by atomic mass is 79.9. The third kappa shape index (κ3) is 4.92. The molecule has 0 radical (unpaired) electrons. The maximum absolute atomic E-state index is 5.77. The van der Waals surface area contributed by atoms with E-state index in [9.17, 15) is 0 Å². The second-order valence-corrected chi connectivity index (χ2v) is 5.19. The standard InChI is InChI=1S/C14H20BrNO/c1-4-10(2)9-17-14-6-5-12(7-11(3)16)8-13(14)15/h5-6,8,11H,2,4,7,9,16H2,1,3H3. The van der Waals surface area contributed by atoms with Crippen LogP contribution in [-0.2, 0) is 6.42 Å². The van der Waals surface area contributed by atoms with E-state index in [0.29, 0.717) is 6.61 Å². The number of nitrogens with two attached hydrogens (primary N) is 1. The lowest BCUT2D eigenvalue weighted by Gasteiger charge is -2.11. The highest BCUT2D eigenvalue weighted by molar-refractivity contribution is 9.10. The third-order valence-electron chi connectivity index (χ3n) is 2.49. The van der Waals surface area contributed by atoms with E-state index in [0.717, 1.165) is 28.6 Å². The zero-order valence-electron chi connectivity index (χ0n) is 10.5. The van der Waals surface area contributed by atoms with Crippen molar-refractivity contribution in [3.63, 3.8) is 0 Å². The van der Waals surface area contributed by atoms with E-state index in [1.807, 2.05) is 13.0 Å². The average molecular weight is 298 g/mol. The lowest BCUT2D eigenvalue weighted by molar-refractivity contribution is 0.347. The average Bonchev–Trinajstić information content (AvgIpc) is 2.26. The Labute approximate surface area is 112 Å². The van der Waals surface area contributed by atoms with Crippen LogP contribution in [0.5, 0.6) is 5.75 Å². The van der Waals surface area contributed by atoms with Crippen LogP contribution < -0.4 is 10.5 Å². The van der Waals surface area contributed by atoms with Crippen LogP contribution in [0.15, 0.2) is 34.8 Å². The lowest BCUT2D eigenvalue weighted by Crippen LogP contribution is -2.17. The molecule has 1 rings (SSSR count). The Morgan fingerprint density at radius 1 is 1.53 bits per heavy atom. The van der Waals surface area contributed by atoms with Gasteiger partial charge in [-0.25, -0.2) is 0 Å². The summed E-state index contributed by atoms with van der Waals surface area (Å²) in [6, 6.07) is 6.27. The summed E-state index contributed by atoms with van der Waals surface area (Å²) in [5, 5.41) is 0. The Hall–Kier alpha value is -0.800. The topological polar surface area (TPSA) is 35.2 Å². The van der Waals surface area contributed by atoms with E-state index in [1.54, 1.807) is 0 Å². The van der Waals surface area contributed by atoms with Gasteiger partial charge in [0.15, 0.2) is 0 Å². The molecule has 1 atom stereocenters. The van der Waals surface area contributed by atoms with Crippen LogP contribution in [0.1, 0.15) is 25.8 Å². The van der Waals surface area contributed by atoms with Gasteiger partial charge in [0.2, 0.25) is 0 Å². The van der Waals surface area contributed by atoms with E-state index >= 15 is 0 Å². The molecular weight excluding hydrogens is 278 g/mol. The number of hydrogen-bond acceptors (Lipinski definition) is 2. The van der Waals surface area contributed by atoms with Crippen LogP contribution >= 0.6 is 15.9 Å². The second kappa shape index (κ2) is 6.82. The van der Waals surface area contributed by atoms with Gasteiger partial charge in [0.1, 0.15) is 12.4 Å². The van der Waals surface area contributed by atoms with Crippen LogP contribution in [-0.4, -0.2) is 12.6 Å². The van der Waals surface area contributed by atoms with Crippen molar-refractivity contribution in [2.45, 2.75) is 32.7 Å². The summed E-state index contributed by atoms with van der Waals surface area (Å²) >= 11 is 3.51. The molecule has 0 aliphatic carbocycles. The first kappa shape index (κ1) is 14.3. The van der Waals surface area contributed by atoms with Crippen LogP contribution in [0.25, 0.3) is 0 Å². The molecule has 0 bridgehead atoms. The van der Waals surface area contributed by atoms with Gasteiger partial charge in [0, 0.05) is 6.04 Å². The Bertz CT molecular complexity index is 388. The molecule has 94 valence electrons. The SMILES string of the molecule is C=C(CC)COc1ccc(CC(C)N)cc1Br. The molecule has 0 aliphatic heterocycles. The maximum Gasteiger partial charge on any atom is 0.133 e. The van der Waals surface area contributed by atoms with Crippen molar-refractivity contribution < 1.29 is 4.74 Å². The van der Waals surface area contributed by atoms with Crippen LogP contribution in [0.3, 0.4) is 0 Å². The molecule has 0 amide bonds. The summed E-state index contributed by atoms with van der Waals surface area (Å²) < 4.78 is 6.64. The Balaban J connectivity index is 2.66. The first-order valence-corrected chi connectivity index (χ1v) is 6.65. The Morgan fingerprint density at radius 3 is 2.76 bits per heavy atom. The lowest BCUT2D eigenvalue weighted by atomic mass is 10.1. The van der Waals surface area contributed by atoms with Gasteiger partial charge >= 0.3 is 0 Å². The number of rotatable bonds is 6. The zero-order valence-corrected chi connectivity index (χ0v) is 12.1.